The minimum absolute atomic E-state index is 0.00896. The van der Waals surface area contributed by atoms with Gasteiger partial charge in [-0.2, -0.15) is 0 Å². The van der Waals surface area contributed by atoms with E-state index < -0.39 is 4.92 Å². The minimum atomic E-state index is -0.433. The summed E-state index contributed by atoms with van der Waals surface area (Å²) in [6, 6.07) is 6.33. The Balaban J connectivity index is 1.41. The molecule has 0 atom stereocenters. The third kappa shape index (κ3) is 4.60. The molecule has 9 heteroatoms. The average molecular weight is 467 g/mol. The zero-order valence-electron chi connectivity index (χ0n) is 19.9. The fourth-order valence-corrected chi connectivity index (χ4v) is 5.09. The Bertz CT molecular complexity index is 1120. The highest BCUT2D eigenvalue weighted by Gasteiger charge is 2.43. The van der Waals surface area contributed by atoms with Crippen molar-refractivity contribution < 1.29 is 19.0 Å². The first-order valence-electron chi connectivity index (χ1n) is 11.7. The van der Waals surface area contributed by atoms with Crippen molar-refractivity contribution in [2.75, 3.05) is 26.2 Å². The van der Waals surface area contributed by atoms with Crippen molar-refractivity contribution in [1.82, 2.24) is 15.0 Å². The minimum Gasteiger partial charge on any atom is -0.361 e. The van der Waals surface area contributed by atoms with Gasteiger partial charge in [-0.25, -0.2) is 0 Å². The number of carbonyl (C=O) groups is 2. The van der Waals surface area contributed by atoms with Crippen molar-refractivity contribution in [3.05, 3.63) is 62.5 Å². The summed E-state index contributed by atoms with van der Waals surface area (Å²) in [5.41, 5.74) is 2.49. The number of nitrogens with zero attached hydrogens (tertiary/aromatic N) is 4. The van der Waals surface area contributed by atoms with E-state index in [0.717, 1.165) is 19.3 Å². The second-order valence-electron chi connectivity index (χ2n) is 9.34. The smallest absolute Gasteiger partial charge is 0.270 e. The Hall–Kier alpha value is -3.49. The molecule has 2 saturated heterocycles. The summed E-state index contributed by atoms with van der Waals surface area (Å²) >= 11 is 0. The van der Waals surface area contributed by atoms with Crippen molar-refractivity contribution in [3.8, 4) is 0 Å². The summed E-state index contributed by atoms with van der Waals surface area (Å²) in [4.78, 5) is 40.6. The van der Waals surface area contributed by atoms with Gasteiger partial charge in [0.1, 0.15) is 11.3 Å². The lowest BCUT2D eigenvalue weighted by molar-refractivity contribution is -0.384. The largest absolute Gasteiger partial charge is 0.361 e. The molecule has 1 spiro atoms. The molecule has 34 heavy (non-hydrogen) atoms. The molecular weight excluding hydrogens is 436 g/mol. The van der Waals surface area contributed by atoms with E-state index in [1.54, 1.807) is 32.1 Å². The molecular formula is C25H30N4O5. The highest BCUT2D eigenvalue weighted by atomic mass is 16.6. The molecule has 0 unspecified atom stereocenters. The number of non-ortho nitro benzene ring substituents is 1. The number of nitro benzene ring substituents is 1. The van der Waals surface area contributed by atoms with Crippen LogP contribution in [0, 0.1) is 29.4 Å². The highest BCUT2D eigenvalue weighted by Crippen LogP contribution is 2.41. The molecule has 0 aliphatic carbocycles. The van der Waals surface area contributed by atoms with E-state index >= 15 is 0 Å². The number of amides is 2. The van der Waals surface area contributed by atoms with Gasteiger partial charge in [0.2, 0.25) is 5.91 Å². The van der Waals surface area contributed by atoms with Crippen LogP contribution < -0.4 is 0 Å². The Morgan fingerprint density at radius 3 is 2.44 bits per heavy atom. The quantitative estimate of drug-likeness (QED) is 0.372. The van der Waals surface area contributed by atoms with Gasteiger partial charge >= 0.3 is 0 Å². The van der Waals surface area contributed by atoms with E-state index in [2.05, 4.69) is 5.16 Å². The van der Waals surface area contributed by atoms with Gasteiger partial charge in [0.05, 0.1) is 10.6 Å². The molecule has 180 valence electrons. The molecule has 1 aromatic heterocycles. The van der Waals surface area contributed by atoms with Crippen LogP contribution in [0.4, 0.5) is 5.69 Å². The normalized spacial score (nSPS) is 17.9. The van der Waals surface area contributed by atoms with Crippen LogP contribution in [0.3, 0.4) is 0 Å². The summed E-state index contributed by atoms with van der Waals surface area (Å²) in [5, 5.41) is 15.0. The number of nitro groups is 1. The predicted octanol–water partition coefficient (Wildman–Crippen LogP) is 4.15. The average Bonchev–Trinajstić information content (AvgIpc) is 3.40. The fraction of sp³-hybridized carbons (Fsp3) is 0.480. The summed E-state index contributed by atoms with van der Waals surface area (Å²) in [6.45, 7) is 8.11. The van der Waals surface area contributed by atoms with Gasteiger partial charge < -0.3 is 14.3 Å². The van der Waals surface area contributed by atoms with Crippen molar-refractivity contribution in [2.45, 2.75) is 46.5 Å². The lowest BCUT2D eigenvalue weighted by atomic mass is 9.77. The number of rotatable bonds is 5. The van der Waals surface area contributed by atoms with E-state index in [-0.39, 0.29) is 22.9 Å². The first-order chi connectivity index (χ1) is 16.2. The molecule has 1 aromatic carbocycles. The summed E-state index contributed by atoms with van der Waals surface area (Å²) in [6.07, 6.45) is 4.92. The number of piperidine rings is 1. The number of aryl methyl sites for hydroxylation is 2. The SMILES string of the molecule is CCC(=Cc1cccc([N+](=O)[O-])c1)C(=O)N1CCC2(CCN(C(=O)c3c(C)noc3C)CC2)C1. The number of likely N-dealkylation sites (tertiary alicyclic amines) is 2. The zero-order chi connectivity index (χ0) is 24.5. The van der Waals surface area contributed by atoms with Crippen LogP contribution in [0.5, 0.6) is 0 Å². The monoisotopic (exact) mass is 466 g/mol. The predicted molar refractivity (Wildman–Crippen MR) is 126 cm³/mol. The second kappa shape index (κ2) is 9.40. The molecule has 3 heterocycles. The fourth-order valence-electron chi connectivity index (χ4n) is 5.09. The Labute approximate surface area is 198 Å². The first kappa shape index (κ1) is 23.7. The lowest BCUT2D eigenvalue weighted by Gasteiger charge is -2.39. The van der Waals surface area contributed by atoms with Crippen molar-refractivity contribution in [2.24, 2.45) is 5.41 Å². The molecule has 2 aromatic rings. The first-order valence-corrected chi connectivity index (χ1v) is 11.7. The number of hydrogen-bond donors (Lipinski definition) is 0. The van der Waals surface area contributed by atoms with Crippen molar-refractivity contribution in [1.29, 1.82) is 0 Å². The van der Waals surface area contributed by atoms with Gasteiger partial charge in [-0.3, -0.25) is 19.7 Å². The molecule has 2 aliphatic rings. The molecule has 0 bridgehead atoms. The Kier molecular flexibility index (Phi) is 6.54. The molecule has 2 aliphatic heterocycles. The van der Waals surface area contributed by atoms with Crippen LogP contribution in [-0.4, -0.2) is 57.9 Å². The van der Waals surface area contributed by atoms with Gasteiger partial charge in [-0.1, -0.05) is 24.2 Å². The van der Waals surface area contributed by atoms with Crippen LogP contribution in [0.25, 0.3) is 6.08 Å². The molecule has 0 N–H and O–H groups in total. The Morgan fingerprint density at radius 1 is 1.18 bits per heavy atom. The highest BCUT2D eigenvalue weighted by molar-refractivity contribution is 5.98. The second-order valence-corrected chi connectivity index (χ2v) is 9.34. The summed E-state index contributed by atoms with van der Waals surface area (Å²) in [5.74, 6) is 0.494. The maximum Gasteiger partial charge on any atom is 0.270 e. The van der Waals surface area contributed by atoms with Gasteiger partial charge in [0.25, 0.3) is 11.6 Å². The molecule has 9 nitrogen and oxygen atoms in total. The van der Waals surface area contributed by atoms with Crippen molar-refractivity contribution in [3.63, 3.8) is 0 Å². The zero-order valence-corrected chi connectivity index (χ0v) is 19.9. The van der Waals surface area contributed by atoms with E-state index in [1.807, 2.05) is 16.7 Å². The molecule has 0 saturated carbocycles. The summed E-state index contributed by atoms with van der Waals surface area (Å²) < 4.78 is 5.15. The number of carbonyl (C=O) groups excluding carboxylic acids is 2. The number of aromatic nitrogens is 1. The van der Waals surface area contributed by atoms with Crippen molar-refractivity contribution >= 4 is 23.6 Å². The molecule has 0 radical (unpaired) electrons. The third-order valence-electron chi connectivity index (χ3n) is 7.16. The van der Waals surface area contributed by atoms with Gasteiger partial charge in [-0.15, -0.1) is 0 Å². The topological polar surface area (TPSA) is 110 Å². The molecule has 2 fully saturated rings. The van der Waals surface area contributed by atoms with Crippen LogP contribution in [0.15, 0.2) is 34.4 Å². The van der Waals surface area contributed by atoms with Crippen LogP contribution in [0.2, 0.25) is 0 Å². The van der Waals surface area contributed by atoms with Gasteiger partial charge in [0, 0.05) is 43.9 Å². The summed E-state index contributed by atoms with van der Waals surface area (Å²) in [7, 11) is 0. The standard InChI is InChI=1S/C25H30N4O5/c1-4-20(14-19-6-5-7-21(15-19)29(32)33)23(30)28-13-10-25(16-28)8-11-27(12-9-25)24(31)22-17(2)26-34-18(22)3/h5-7,14-15H,4,8-13,16H2,1-3H3. The van der Waals surface area contributed by atoms with E-state index in [0.29, 0.717) is 60.8 Å². The number of hydrogen-bond acceptors (Lipinski definition) is 6. The lowest BCUT2D eigenvalue weighted by Crippen LogP contribution is -2.45. The van der Waals surface area contributed by atoms with Gasteiger partial charge in [0.15, 0.2) is 0 Å². The van der Waals surface area contributed by atoms with Crippen LogP contribution in [-0.2, 0) is 4.79 Å². The van der Waals surface area contributed by atoms with Crippen LogP contribution in [0.1, 0.15) is 60.0 Å². The molecule has 2 amide bonds. The maximum absolute atomic E-state index is 13.3. The van der Waals surface area contributed by atoms with E-state index in [1.165, 1.54) is 12.1 Å². The maximum atomic E-state index is 13.3. The molecule has 4 rings (SSSR count). The van der Waals surface area contributed by atoms with E-state index in [9.17, 15) is 19.7 Å². The number of benzene rings is 1. The van der Waals surface area contributed by atoms with E-state index in [4.69, 9.17) is 4.52 Å². The van der Waals surface area contributed by atoms with Crippen LogP contribution >= 0.6 is 0 Å². The van der Waals surface area contributed by atoms with Gasteiger partial charge in [-0.05, 0) is 56.6 Å². The third-order valence-corrected chi connectivity index (χ3v) is 7.16. The Morgan fingerprint density at radius 2 is 1.85 bits per heavy atom.